The van der Waals surface area contributed by atoms with Gasteiger partial charge in [0.25, 0.3) is 0 Å². The van der Waals surface area contributed by atoms with Crippen molar-refractivity contribution in [2.75, 3.05) is 0 Å². The lowest BCUT2D eigenvalue weighted by Gasteiger charge is -2.17. The number of rotatable bonds is 7. The molecule has 5 heteroatoms. The van der Waals surface area contributed by atoms with Gasteiger partial charge in [0, 0.05) is 11.7 Å². The standard InChI is InChI=1S/C19H33NO2SSi/c1-8-9-10-11-17-19(24(5,6)7)20(17)23(21,22)18-15(3)12-14(2)13-16(18)4/h12-13,17,19H,8-11H2,1-7H3/t17-,19+,20?/m0/s1. The van der Waals surface area contributed by atoms with Crippen LogP contribution in [0.4, 0.5) is 0 Å². The average molecular weight is 368 g/mol. The molecular weight excluding hydrogens is 334 g/mol. The molecular formula is C19H33NO2SSi. The Morgan fingerprint density at radius 2 is 1.58 bits per heavy atom. The Morgan fingerprint density at radius 1 is 1.04 bits per heavy atom. The normalized spacial score (nSPS) is 24.2. The first kappa shape index (κ1) is 19.7. The molecule has 1 saturated heterocycles. The van der Waals surface area contributed by atoms with E-state index in [-0.39, 0.29) is 11.7 Å². The summed E-state index contributed by atoms with van der Waals surface area (Å²) in [5, 5.41) is 0. The Bertz CT molecular complexity index is 684. The molecule has 136 valence electrons. The third-order valence-corrected chi connectivity index (χ3v) is 9.84. The highest BCUT2D eigenvalue weighted by molar-refractivity contribution is 7.89. The van der Waals surface area contributed by atoms with Crippen LogP contribution in [-0.2, 0) is 10.0 Å². The highest BCUT2D eigenvalue weighted by Crippen LogP contribution is 2.44. The summed E-state index contributed by atoms with van der Waals surface area (Å²) < 4.78 is 28.6. The van der Waals surface area contributed by atoms with Gasteiger partial charge in [0.2, 0.25) is 10.0 Å². The highest BCUT2D eigenvalue weighted by Gasteiger charge is 2.60. The van der Waals surface area contributed by atoms with Gasteiger partial charge in [0.1, 0.15) is 0 Å². The van der Waals surface area contributed by atoms with E-state index in [4.69, 9.17) is 0 Å². The monoisotopic (exact) mass is 367 g/mol. The van der Waals surface area contributed by atoms with Gasteiger partial charge in [0.15, 0.2) is 0 Å². The van der Waals surface area contributed by atoms with E-state index in [9.17, 15) is 8.42 Å². The van der Waals surface area contributed by atoms with Gasteiger partial charge in [-0.2, -0.15) is 4.31 Å². The summed E-state index contributed by atoms with van der Waals surface area (Å²) in [5.41, 5.74) is 3.12. The third kappa shape index (κ3) is 3.78. The summed E-state index contributed by atoms with van der Waals surface area (Å²) in [4.78, 5) is 0.536. The summed E-state index contributed by atoms with van der Waals surface area (Å²) in [7, 11) is -4.95. The van der Waals surface area contributed by atoms with Crippen molar-refractivity contribution in [2.24, 2.45) is 0 Å². The minimum atomic E-state index is -3.39. The van der Waals surface area contributed by atoms with E-state index in [2.05, 4.69) is 26.6 Å². The Labute approximate surface area is 149 Å². The Balaban J connectivity index is 2.37. The summed E-state index contributed by atoms with van der Waals surface area (Å²) in [6.07, 6.45) is 4.49. The molecule has 0 aromatic heterocycles. The molecule has 1 aromatic carbocycles. The fourth-order valence-electron chi connectivity index (χ4n) is 4.11. The summed E-state index contributed by atoms with van der Waals surface area (Å²) in [6.45, 7) is 14.9. The molecule has 0 N–H and O–H groups in total. The van der Waals surface area contributed by atoms with Gasteiger partial charge in [-0.05, 0) is 38.3 Å². The number of unbranched alkanes of at least 4 members (excludes halogenated alkanes) is 2. The molecule has 3 atom stereocenters. The molecule has 0 bridgehead atoms. The topological polar surface area (TPSA) is 37.1 Å². The molecule has 1 unspecified atom stereocenters. The van der Waals surface area contributed by atoms with Crippen LogP contribution in [0.25, 0.3) is 0 Å². The highest BCUT2D eigenvalue weighted by atomic mass is 32.2. The van der Waals surface area contributed by atoms with Crippen molar-refractivity contribution >= 4 is 18.1 Å². The number of sulfonamides is 1. The van der Waals surface area contributed by atoms with E-state index in [0.29, 0.717) is 4.90 Å². The lowest BCUT2D eigenvalue weighted by atomic mass is 10.1. The Hall–Kier alpha value is -0.653. The fourth-order valence-corrected chi connectivity index (χ4v) is 10.0. The molecule has 0 radical (unpaired) electrons. The van der Waals surface area contributed by atoms with Crippen LogP contribution in [0.15, 0.2) is 17.0 Å². The molecule has 0 spiro atoms. The first-order valence-electron chi connectivity index (χ1n) is 9.13. The van der Waals surface area contributed by atoms with Gasteiger partial charge < -0.3 is 0 Å². The average Bonchev–Trinajstić information content (AvgIpc) is 3.12. The van der Waals surface area contributed by atoms with Crippen molar-refractivity contribution in [3.05, 3.63) is 28.8 Å². The van der Waals surface area contributed by atoms with Crippen LogP contribution >= 0.6 is 0 Å². The van der Waals surface area contributed by atoms with Crippen molar-refractivity contribution in [2.45, 2.75) is 89.6 Å². The number of hydrogen-bond donors (Lipinski definition) is 0. The largest absolute Gasteiger partial charge is 0.243 e. The fraction of sp³-hybridized carbons (Fsp3) is 0.684. The van der Waals surface area contributed by atoms with Gasteiger partial charge in [-0.15, -0.1) is 0 Å². The molecule has 1 aliphatic heterocycles. The second kappa shape index (κ2) is 6.93. The zero-order chi connectivity index (χ0) is 18.3. The zero-order valence-corrected chi connectivity index (χ0v) is 18.1. The minimum absolute atomic E-state index is 0.216. The van der Waals surface area contributed by atoms with Gasteiger partial charge in [-0.3, -0.25) is 0 Å². The quantitative estimate of drug-likeness (QED) is 0.394. The molecule has 0 saturated carbocycles. The smallest absolute Gasteiger partial charge is 0.207 e. The van der Waals surface area contributed by atoms with E-state index in [1.54, 1.807) is 0 Å². The van der Waals surface area contributed by atoms with E-state index < -0.39 is 18.1 Å². The van der Waals surface area contributed by atoms with Gasteiger partial charge in [-0.25, -0.2) is 8.42 Å². The van der Waals surface area contributed by atoms with Gasteiger partial charge >= 0.3 is 0 Å². The molecule has 1 aliphatic rings. The van der Waals surface area contributed by atoms with E-state index in [0.717, 1.165) is 29.5 Å². The number of aryl methyl sites for hydroxylation is 3. The van der Waals surface area contributed by atoms with Crippen LogP contribution < -0.4 is 0 Å². The molecule has 1 fully saturated rings. The summed E-state index contributed by atoms with van der Waals surface area (Å²) in [6, 6.07) is 4.19. The van der Waals surface area contributed by atoms with E-state index >= 15 is 0 Å². The van der Waals surface area contributed by atoms with E-state index in [1.807, 2.05) is 37.2 Å². The first-order valence-corrected chi connectivity index (χ1v) is 14.1. The van der Waals surface area contributed by atoms with Crippen molar-refractivity contribution in [1.82, 2.24) is 4.31 Å². The van der Waals surface area contributed by atoms with Crippen molar-refractivity contribution in [1.29, 1.82) is 0 Å². The second-order valence-corrected chi connectivity index (χ2v) is 15.5. The molecule has 0 aliphatic carbocycles. The Kier molecular flexibility index (Phi) is 5.68. The molecule has 24 heavy (non-hydrogen) atoms. The molecule has 0 amide bonds. The molecule has 1 heterocycles. The van der Waals surface area contributed by atoms with Crippen LogP contribution in [0.2, 0.25) is 19.6 Å². The van der Waals surface area contributed by atoms with Crippen molar-refractivity contribution in [3.63, 3.8) is 0 Å². The summed E-state index contributed by atoms with van der Waals surface area (Å²) in [5.74, 6) is 0. The SMILES string of the molecule is CCCCC[C@H]1[C@@H]([Si](C)(C)C)N1S(=O)(=O)c1c(C)cc(C)cc1C. The van der Waals surface area contributed by atoms with Gasteiger partial charge in [0.05, 0.1) is 13.0 Å². The van der Waals surface area contributed by atoms with Crippen LogP contribution in [0.5, 0.6) is 0 Å². The number of nitrogens with zero attached hydrogens (tertiary/aromatic N) is 1. The lowest BCUT2D eigenvalue weighted by Crippen LogP contribution is -2.34. The van der Waals surface area contributed by atoms with Crippen LogP contribution in [0.1, 0.15) is 49.3 Å². The first-order chi connectivity index (χ1) is 11.0. The predicted octanol–water partition coefficient (Wildman–Crippen LogP) is 4.81. The summed E-state index contributed by atoms with van der Waals surface area (Å²) >= 11 is 0. The van der Waals surface area contributed by atoms with Crippen molar-refractivity contribution < 1.29 is 8.42 Å². The maximum atomic E-state index is 13.4. The maximum absolute atomic E-state index is 13.4. The zero-order valence-electron chi connectivity index (χ0n) is 16.3. The van der Waals surface area contributed by atoms with Crippen LogP contribution in [0.3, 0.4) is 0 Å². The predicted molar refractivity (Wildman–Crippen MR) is 105 cm³/mol. The number of hydrogen-bond acceptors (Lipinski definition) is 2. The number of benzene rings is 1. The van der Waals surface area contributed by atoms with Crippen LogP contribution in [0, 0.1) is 20.8 Å². The van der Waals surface area contributed by atoms with Gasteiger partial charge in [-0.1, -0.05) is 63.5 Å². The third-order valence-electron chi connectivity index (χ3n) is 5.01. The Morgan fingerprint density at radius 3 is 2.04 bits per heavy atom. The van der Waals surface area contributed by atoms with Crippen LogP contribution in [-0.4, -0.2) is 32.5 Å². The van der Waals surface area contributed by atoms with E-state index in [1.165, 1.54) is 12.8 Å². The molecule has 3 nitrogen and oxygen atoms in total. The second-order valence-electron chi connectivity index (χ2n) is 8.44. The maximum Gasteiger partial charge on any atom is 0.243 e. The lowest BCUT2D eigenvalue weighted by molar-refractivity contribution is 0.537. The minimum Gasteiger partial charge on any atom is -0.207 e. The van der Waals surface area contributed by atoms with Crippen molar-refractivity contribution in [3.8, 4) is 0 Å². The molecule has 2 rings (SSSR count). The molecule has 1 aromatic rings.